The molecule has 0 spiro atoms. The van der Waals surface area contributed by atoms with E-state index in [1.54, 1.807) is 6.92 Å². The van der Waals surface area contributed by atoms with Gasteiger partial charge in [0.25, 0.3) is 5.91 Å². The van der Waals surface area contributed by atoms with Gasteiger partial charge < -0.3 is 15.7 Å². The van der Waals surface area contributed by atoms with Gasteiger partial charge in [0.2, 0.25) is 0 Å². The van der Waals surface area contributed by atoms with Gasteiger partial charge in [-0.25, -0.2) is 9.59 Å². The predicted octanol–water partition coefficient (Wildman–Crippen LogP) is 6.33. The molecule has 0 saturated carbocycles. The van der Waals surface area contributed by atoms with E-state index in [0.717, 1.165) is 49.9 Å². The second-order valence-electron chi connectivity index (χ2n) is 8.24. The molecule has 0 radical (unpaired) electrons. The number of anilines is 1. The molecule has 0 aliphatic heterocycles. The molecule has 7 nitrogen and oxygen atoms in total. The van der Waals surface area contributed by atoms with Crippen molar-refractivity contribution in [3.63, 3.8) is 0 Å². The summed E-state index contributed by atoms with van der Waals surface area (Å²) in [7, 11) is 0. The molecule has 0 saturated heterocycles. The number of urea groups is 1. The highest BCUT2D eigenvalue weighted by atomic mass is 32.1. The number of rotatable bonds is 17. The van der Waals surface area contributed by atoms with Crippen LogP contribution in [0.4, 0.5) is 9.80 Å². The minimum atomic E-state index is -1.15. The predicted molar refractivity (Wildman–Crippen MR) is 132 cm³/mol. The molecule has 1 aromatic rings. The maximum atomic E-state index is 12.6. The van der Waals surface area contributed by atoms with Gasteiger partial charge in [-0.2, -0.15) is 0 Å². The summed E-state index contributed by atoms with van der Waals surface area (Å²) in [5, 5.41) is 18.1. The summed E-state index contributed by atoms with van der Waals surface area (Å²) in [5.41, 5.74) is 0.364. The van der Waals surface area contributed by atoms with Crippen LogP contribution in [0.3, 0.4) is 0 Å². The largest absolute Gasteiger partial charge is 0.478 e. The lowest BCUT2D eigenvalue weighted by Crippen LogP contribution is -2.29. The first-order valence-electron chi connectivity index (χ1n) is 12.1. The Hall–Kier alpha value is -2.09. The van der Waals surface area contributed by atoms with Gasteiger partial charge in [-0.15, -0.1) is 11.3 Å². The van der Waals surface area contributed by atoms with Crippen molar-refractivity contribution < 1.29 is 19.5 Å². The highest BCUT2D eigenvalue weighted by Crippen LogP contribution is 2.33. The van der Waals surface area contributed by atoms with E-state index in [4.69, 9.17) is 0 Å². The molecule has 0 fully saturated rings. The van der Waals surface area contributed by atoms with E-state index in [1.807, 2.05) is 0 Å². The van der Waals surface area contributed by atoms with Crippen LogP contribution in [0.2, 0.25) is 0 Å². The lowest BCUT2D eigenvalue weighted by Gasteiger charge is -2.07. The fraction of sp³-hybridized carbons (Fsp3) is 0.708. The molecule has 182 valence electrons. The molecule has 0 aliphatic rings. The van der Waals surface area contributed by atoms with Crippen LogP contribution in [0.1, 0.15) is 116 Å². The zero-order valence-corrected chi connectivity index (χ0v) is 20.8. The van der Waals surface area contributed by atoms with E-state index in [-0.39, 0.29) is 16.5 Å². The molecule has 3 amide bonds. The summed E-state index contributed by atoms with van der Waals surface area (Å²) < 4.78 is 0. The van der Waals surface area contributed by atoms with Crippen molar-refractivity contribution in [1.82, 2.24) is 10.6 Å². The first-order valence-corrected chi connectivity index (χ1v) is 12.9. The van der Waals surface area contributed by atoms with Crippen LogP contribution in [-0.2, 0) is 0 Å². The number of carboxylic acid groups (broad SMARTS) is 1. The summed E-state index contributed by atoms with van der Waals surface area (Å²) in [5.74, 6) is -1.44. The molecule has 0 unspecified atom stereocenters. The average Bonchev–Trinajstić information content (AvgIpc) is 3.08. The fourth-order valence-electron chi connectivity index (χ4n) is 3.52. The molecular formula is C24H41N3O4S. The van der Waals surface area contributed by atoms with Crippen molar-refractivity contribution in [2.24, 2.45) is 0 Å². The second kappa shape index (κ2) is 16.5. The zero-order chi connectivity index (χ0) is 23.8. The van der Waals surface area contributed by atoms with Gasteiger partial charge in [-0.1, -0.05) is 78.1 Å². The van der Waals surface area contributed by atoms with Crippen LogP contribution in [0.25, 0.3) is 0 Å². The number of aromatic carboxylic acids is 1. The van der Waals surface area contributed by atoms with Crippen molar-refractivity contribution in [1.29, 1.82) is 0 Å². The minimum Gasteiger partial charge on any atom is -0.478 e. The fourth-order valence-corrected chi connectivity index (χ4v) is 4.63. The Kier molecular flexibility index (Phi) is 14.4. The third-order valence-electron chi connectivity index (χ3n) is 5.43. The molecule has 32 heavy (non-hydrogen) atoms. The van der Waals surface area contributed by atoms with Crippen molar-refractivity contribution in [2.75, 3.05) is 18.4 Å². The van der Waals surface area contributed by atoms with Crippen molar-refractivity contribution in [2.45, 2.75) is 97.8 Å². The summed E-state index contributed by atoms with van der Waals surface area (Å²) in [6, 6.07) is -0.443. The van der Waals surface area contributed by atoms with Crippen LogP contribution < -0.4 is 16.0 Å². The third kappa shape index (κ3) is 10.5. The Balaban J connectivity index is 2.54. The molecule has 0 bridgehead atoms. The number of carboxylic acids is 1. The van der Waals surface area contributed by atoms with Crippen LogP contribution in [0.5, 0.6) is 0 Å². The number of thiophene rings is 1. The number of carbonyl (C=O) groups excluding carboxylic acids is 2. The number of carbonyl (C=O) groups is 3. The standard InChI is InChI=1S/C24H41N3O4S/c1-4-6-8-10-12-14-16-25-21(28)20-18(3)19(23(29)30)22(32-20)27-24(31)26-17-15-13-11-9-7-5-2/h4-17H2,1-3H3,(H,25,28)(H,29,30)(H2,26,27,31). The molecular weight excluding hydrogens is 426 g/mol. The molecule has 1 heterocycles. The molecule has 8 heteroatoms. The highest BCUT2D eigenvalue weighted by Gasteiger charge is 2.25. The smallest absolute Gasteiger partial charge is 0.339 e. The van der Waals surface area contributed by atoms with E-state index < -0.39 is 12.0 Å². The zero-order valence-electron chi connectivity index (χ0n) is 20.0. The number of unbranched alkanes of at least 4 members (excludes halogenated alkanes) is 10. The van der Waals surface area contributed by atoms with Gasteiger partial charge in [-0.05, 0) is 25.3 Å². The molecule has 0 aliphatic carbocycles. The molecule has 4 N–H and O–H groups in total. The molecule has 0 atom stereocenters. The Labute approximate surface area is 196 Å². The summed E-state index contributed by atoms with van der Waals surface area (Å²) in [6.07, 6.45) is 13.5. The van der Waals surface area contributed by atoms with Gasteiger partial charge in [0.15, 0.2) is 0 Å². The Morgan fingerprint density at radius 2 is 1.28 bits per heavy atom. The Morgan fingerprint density at radius 3 is 1.81 bits per heavy atom. The monoisotopic (exact) mass is 467 g/mol. The second-order valence-corrected chi connectivity index (χ2v) is 9.26. The van der Waals surface area contributed by atoms with E-state index in [1.165, 1.54) is 38.5 Å². The topological polar surface area (TPSA) is 108 Å². The summed E-state index contributed by atoms with van der Waals surface area (Å²) >= 11 is 1.01. The normalized spacial score (nSPS) is 10.7. The van der Waals surface area contributed by atoms with Gasteiger partial charge in [0.1, 0.15) is 5.00 Å². The lowest BCUT2D eigenvalue weighted by atomic mass is 10.1. The molecule has 1 rings (SSSR count). The summed E-state index contributed by atoms with van der Waals surface area (Å²) in [6.45, 7) is 7.06. The van der Waals surface area contributed by atoms with Crippen molar-refractivity contribution in [3.05, 3.63) is 16.0 Å². The van der Waals surface area contributed by atoms with Crippen LogP contribution >= 0.6 is 11.3 Å². The van der Waals surface area contributed by atoms with E-state index in [9.17, 15) is 19.5 Å². The first-order chi connectivity index (χ1) is 15.4. The van der Waals surface area contributed by atoms with Gasteiger partial charge in [-0.3, -0.25) is 10.1 Å². The van der Waals surface area contributed by atoms with Gasteiger partial charge in [0, 0.05) is 13.1 Å². The van der Waals surface area contributed by atoms with Gasteiger partial charge in [0.05, 0.1) is 10.4 Å². The van der Waals surface area contributed by atoms with Crippen LogP contribution in [0, 0.1) is 6.92 Å². The lowest BCUT2D eigenvalue weighted by molar-refractivity contribution is 0.0697. The quantitative estimate of drug-likeness (QED) is 0.201. The number of nitrogens with one attached hydrogen (secondary N) is 3. The van der Waals surface area contributed by atoms with Crippen LogP contribution in [-0.4, -0.2) is 36.1 Å². The third-order valence-corrected chi connectivity index (χ3v) is 6.63. The minimum absolute atomic E-state index is 0.0190. The SMILES string of the molecule is CCCCCCCCNC(=O)Nc1sc(C(=O)NCCCCCCCC)c(C)c1C(=O)O. The van der Waals surface area contributed by atoms with E-state index in [2.05, 4.69) is 29.8 Å². The highest BCUT2D eigenvalue weighted by molar-refractivity contribution is 7.18. The van der Waals surface area contributed by atoms with Gasteiger partial charge >= 0.3 is 12.0 Å². The van der Waals surface area contributed by atoms with Crippen molar-refractivity contribution >= 4 is 34.2 Å². The number of hydrogen-bond donors (Lipinski definition) is 4. The van der Waals surface area contributed by atoms with E-state index >= 15 is 0 Å². The number of amides is 3. The average molecular weight is 468 g/mol. The molecule has 1 aromatic heterocycles. The van der Waals surface area contributed by atoms with E-state index in [0.29, 0.717) is 23.5 Å². The Morgan fingerprint density at radius 1 is 0.781 bits per heavy atom. The molecule has 0 aromatic carbocycles. The van der Waals surface area contributed by atoms with Crippen molar-refractivity contribution in [3.8, 4) is 0 Å². The number of hydrogen-bond acceptors (Lipinski definition) is 4. The maximum absolute atomic E-state index is 12.6. The van der Waals surface area contributed by atoms with Crippen LogP contribution in [0.15, 0.2) is 0 Å². The first kappa shape index (κ1) is 27.9. The maximum Gasteiger partial charge on any atom is 0.339 e. The Bertz CT molecular complexity index is 718. The summed E-state index contributed by atoms with van der Waals surface area (Å²) in [4.78, 5) is 36.9.